The van der Waals surface area contributed by atoms with E-state index in [0.717, 1.165) is 0 Å². The minimum atomic E-state index is -1.28. The van der Waals surface area contributed by atoms with Gasteiger partial charge in [-0.1, -0.05) is 11.8 Å². The molecule has 0 amide bonds. The fraction of sp³-hybridized carbons (Fsp3) is 0.571. The van der Waals surface area contributed by atoms with Crippen LogP contribution in [0.15, 0.2) is 11.8 Å². The molecule has 102 valence electrons. The van der Waals surface area contributed by atoms with E-state index in [2.05, 4.69) is 23.7 Å². The summed E-state index contributed by atoms with van der Waals surface area (Å²) < 4.78 is 10.9. The van der Waals surface area contributed by atoms with Crippen LogP contribution in [0, 0.1) is 23.7 Å². The third kappa shape index (κ3) is 2.75. The molecule has 0 aromatic carbocycles. The third-order valence-electron chi connectivity index (χ3n) is 3.15. The van der Waals surface area contributed by atoms with Gasteiger partial charge >= 0.3 is 0 Å². The maximum absolute atomic E-state index is 10.0. The molecule has 0 saturated carbocycles. The van der Waals surface area contributed by atoms with Crippen LogP contribution in [0.25, 0.3) is 0 Å². The summed E-state index contributed by atoms with van der Waals surface area (Å²) >= 11 is 0. The van der Waals surface area contributed by atoms with Crippen molar-refractivity contribution < 1.29 is 24.8 Å². The van der Waals surface area contributed by atoms with Gasteiger partial charge in [-0.2, -0.15) is 0 Å². The molecular weight excluding hydrogens is 248 g/mol. The fourth-order valence-corrected chi connectivity index (χ4v) is 2.11. The second-order valence-electron chi connectivity index (χ2n) is 4.50. The highest BCUT2D eigenvalue weighted by molar-refractivity contribution is 5.33. The Morgan fingerprint density at radius 3 is 2.74 bits per heavy atom. The van der Waals surface area contributed by atoms with Crippen LogP contribution in [0.5, 0.6) is 0 Å². The molecule has 0 bridgehead atoms. The van der Waals surface area contributed by atoms with Crippen molar-refractivity contribution in [1.82, 2.24) is 0 Å². The molecule has 2 saturated heterocycles. The first-order chi connectivity index (χ1) is 9.09. The lowest BCUT2D eigenvalue weighted by molar-refractivity contribution is -0.272. The van der Waals surface area contributed by atoms with Gasteiger partial charge in [0.25, 0.3) is 0 Å². The topological polar surface area (TPSA) is 79.2 Å². The standard InChI is InChI=1S/C14H16O5/c1-2-3-4-5-6-11-12(16)13(17)14(19-11)8-7-10(15)9-18-14/h6,10,12-13,15-17H,7-9H2,1H3/t10-,12+,13-,14+/m1/s1. The molecule has 5 heteroatoms. The summed E-state index contributed by atoms with van der Waals surface area (Å²) in [6, 6.07) is 0. The lowest BCUT2D eigenvalue weighted by atomic mass is 9.97. The van der Waals surface area contributed by atoms with Crippen LogP contribution in [0.4, 0.5) is 0 Å². The summed E-state index contributed by atoms with van der Waals surface area (Å²) in [4.78, 5) is 0. The second-order valence-corrected chi connectivity index (χ2v) is 4.50. The van der Waals surface area contributed by atoms with Gasteiger partial charge in [0, 0.05) is 12.5 Å². The molecule has 0 aromatic heterocycles. The molecule has 2 rings (SSSR count). The third-order valence-corrected chi connectivity index (χ3v) is 3.15. The molecule has 4 atom stereocenters. The lowest BCUT2D eigenvalue weighted by Gasteiger charge is -2.36. The summed E-state index contributed by atoms with van der Waals surface area (Å²) in [5.41, 5.74) is 0. The van der Waals surface area contributed by atoms with Gasteiger partial charge in [0.2, 0.25) is 5.79 Å². The quantitative estimate of drug-likeness (QED) is 0.515. The molecule has 5 nitrogen and oxygen atoms in total. The van der Waals surface area contributed by atoms with Crippen molar-refractivity contribution >= 4 is 0 Å². The van der Waals surface area contributed by atoms with Crippen LogP contribution in [-0.2, 0) is 9.47 Å². The molecule has 19 heavy (non-hydrogen) atoms. The predicted molar refractivity (Wildman–Crippen MR) is 66.3 cm³/mol. The molecule has 0 aliphatic carbocycles. The van der Waals surface area contributed by atoms with E-state index < -0.39 is 24.1 Å². The van der Waals surface area contributed by atoms with Gasteiger partial charge in [-0.15, -0.1) is 0 Å². The molecule has 0 aromatic rings. The molecule has 2 heterocycles. The first-order valence-corrected chi connectivity index (χ1v) is 6.08. The van der Waals surface area contributed by atoms with E-state index in [1.165, 1.54) is 6.08 Å². The van der Waals surface area contributed by atoms with Gasteiger partial charge in [0.05, 0.1) is 12.7 Å². The Bertz CT molecular complexity index is 479. The van der Waals surface area contributed by atoms with Gasteiger partial charge in [-0.3, -0.25) is 0 Å². The molecule has 1 spiro atoms. The first kappa shape index (κ1) is 13.9. The SMILES string of the molecule is CC#CC#CC=C1O[C@@]2(CC[C@@H](O)CO2)[C@H](O)[C@H]1O. The maximum Gasteiger partial charge on any atom is 0.239 e. The van der Waals surface area contributed by atoms with Crippen LogP contribution in [0.2, 0.25) is 0 Å². The number of hydrogen-bond donors (Lipinski definition) is 3. The molecule has 2 aliphatic heterocycles. The first-order valence-electron chi connectivity index (χ1n) is 6.08. The summed E-state index contributed by atoms with van der Waals surface area (Å²) in [6.07, 6.45) is -0.798. The number of ether oxygens (including phenoxy) is 2. The highest BCUT2D eigenvalue weighted by Crippen LogP contribution is 2.40. The minimum Gasteiger partial charge on any atom is -0.460 e. The van der Waals surface area contributed by atoms with Gasteiger partial charge < -0.3 is 24.8 Å². The van der Waals surface area contributed by atoms with Crippen molar-refractivity contribution in [3.63, 3.8) is 0 Å². The minimum absolute atomic E-state index is 0.0735. The monoisotopic (exact) mass is 264 g/mol. The van der Waals surface area contributed by atoms with Crippen molar-refractivity contribution in [2.45, 2.75) is 43.9 Å². The summed E-state index contributed by atoms with van der Waals surface area (Å²) in [5.74, 6) is 9.24. The Hall–Kier alpha value is -1.50. The average molecular weight is 264 g/mol. The van der Waals surface area contributed by atoms with Gasteiger partial charge in [-0.05, 0) is 25.2 Å². The maximum atomic E-state index is 10.0. The Morgan fingerprint density at radius 2 is 2.11 bits per heavy atom. The zero-order chi connectivity index (χ0) is 13.9. The zero-order valence-corrected chi connectivity index (χ0v) is 10.6. The average Bonchev–Trinajstić information content (AvgIpc) is 2.64. The summed E-state index contributed by atoms with van der Waals surface area (Å²) in [7, 11) is 0. The predicted octanol–water partition coefficient (Wildman–Crippen LogP) is -0.483. The van der Waals surface area contributed by atoms with Crippen molar-refractivity contribution in [3.05, 3.63) is 11.8 Å². The summed E-state index contributed by atoms with van der Waals surface area (Å²) in [5, 5.41) is 29.3. The normalized spacial score (nSPS) is 39.2. The highest BCUT2D eigenvalue weighted by atomic mass is 16.7. The van der Waals surface area contributed by atoms with E-state index in [4.69, 9.17) is 9.47 Å². The Kier molecular flexibility index (Phi) is 4.14. The van der Waals surface area contributed by atoms with Gasteiger partial charge in [-0.25, -0.2) is 0 Å². The van der Waals surface area contributed by atoms with Crippen molar-refractivity contribution in [1.29, 1.82) is 0 Å². The molecular formula is C14H16O5. The van der Waals surface area contributed by atoms with Gasteiger partial charge in [0.1, 0.15) is 11.9 Å². The van der Waals surface area contributed by atoms with E-state index in [1.807, 2.05) is 0 Å². The molecule has 3 N–H and O–H groups in total. The molecule has 2 aliphatic rings. The zero-order valence-electron chi connectivity index (χ0n) is 10.6. The largest absolute Gasteiger partial charge is 0.460 e. The molecule has 2 fully saturated rings. The van der Waals surface area contributed by atoms with Gasteiger partial charge in [0.15, 0.2) is 6.10 Å². The number of aliphatic hydroxyl groups excluding tert-OH is 3. The van der Waals surface area contributed by atoms with E-state index in [0.29, 0.717) is 12.8 Å². The highest BCUT2D eigenvalue weighted by Gasteiger charge is 2.55. The smallest absolute Gasteiger partial charge is 0.239 e. The van der Waals surface area contributed by atoms with Crippen molar-refractivity contribution in [2.24, 2.45) is 0 Å². The number of aliphatic hydroxyl groups is 3. The number of hydrogen-bond acceptors (Lipinski definition) is 5. The van der Waals surface area contributed by atoms with Crippen molar-refractivity contribution in [3.8, 4) is 23.7 Å². The Balaban J connectivity index is 2.14. The lowest BCUT2D eigenvalue weighted by Crippen LogP contribution is -2.50. The van der Waals surface area contributed by atoms with Crippen LogP contribution in [0.1, 0.15) is 19.8 Å². The van der Waals surface area contributed by atoms with Crippen molar-refractivity contribution in [2.75, 3.05) is 6.61 Å². The summed E-state index contributed by atoms with van der Waals surface area (Å²) in [6.45, 7) is 1.74. The number of rotatable bonds is 0. The fourth-order valence-electron chi connectivity index (χ4n) is 2.11. The van der Waals surface area contributed by atoms with Crippen LogP contribution < -0.4 is 0 Å². The Morgan fingerprint density at radius 1 is 1.32 bits per heavy atom. The van der Waals surface area contributed by atoms with Crippen LogP contribution in [-0.4, -0.2) is 46.0 Å². The second kappa shape index (κ2) is 5.64. The van der Waals surface area contributed by atoms with E-state index >= 15 is 0 Å². The van der Waals surface area contributed by atoms with E-state index in [-0.39, 0.29) is 12.4 Å². The van der Waals surface area contributed by atoms with Crippen LogP contribution >= 0.6 is 0 Å². The molecule has 0 radical (unpaired) electrons. The molecule has 0 unspecified atom stereocenters. The Labute approximate surface area is 111 Å². The van der Waals surface area contributed by atoms with Crippen LogP contribution in [0.3, 0.4) is 0 Å². The number of allylic oxidation sites excluding steroid dienone is 1. The van der Waals surface area contributed by atoms with E-state index in [1.54, 1.807) is 6.92 Å². The van der Waals surface area contributed by atoms with E-state index in [9.17, 15) is 15.3 Å².